The van der Waals surface area contributed by atoms with Crippen LogP contribution in [0.2, 0.25) is 0 Å². The zero-order valence-electron chi connectivity index (χ0n) is 13.6. The van der Waals surface area contributed by atoms with Crippen molar-refractivity contribution in [2.24, 2.45) is 0 Å². The van der Waals surface area contributed by atoms with Gasteiger partial charge in [-0.25, -0.2) is 0 Å². The Hall–Kier alpha value is -2.66. The van der Waals surface area contributed by atoms with E-state index in [1.807, 2.05) is 42.5 Å². The number of nitrogens with zero attached hydrogens (tertiary/aromatic N) is 2. The molecule has 24 heavy (non-hydrogen) atoms. The van der Waals surface area contributed by atoms with Crippen molar-refractivity contribution in [3.8, 4) is 0 Å². The van der Waals surface area contributed by atoms with Gasteiger partial charge in [-0.1, -0.05) is 49.0 Å². The summed E-state index contributed by atoms with van der Waals surface area (Å²) in [6.45, 7) is 3.85. The summed E-state index contributed by atoms with van der Waals surface area (Å²) in [5, 5.41) is 13.0. The molecule has 1 fully saturated rings. The summed E-state index contributed by atoms with van der Waals surface area (Å²) < 4.78 is 0. The summed E-state index contributed by atoms with van der Waals surface area (Å²) >= 11 is 0. The molecule has 2 amide bonds. The van der Waals surface area contributed by atoms with Crippen molar-refractivity contribution in [3.05, 3.63) is 60.7 Å². The predicted molar refractivity (Wildman–Crippen MR) is 92.3 cm³/mol. The average molecular weight is 324 g/mol. The molecule has 2 aromatic carbocycles. The Kier molecular flexibility index (Phi) is 4.11. The summed E-state index contributed by atoms with van der Waals surface area (Å²) in [7, 11) is 1.55. The van der Waals surface area contributed by atoms with Gasteiger partial charge < -0.3 is 14.9 Å². The molecule has 0 unspecified atom stereocenters. The van der Waals surface area contributed by atoms with Crippen LogP contribution in [0.25, 0.3) is 10.8 Å². The van der Waals surface area contributed by atoms with Gasteiger partial charge in [-0.05, 0) is 22.4 Å². The molecule has 0 aliphatic carbocycles. The van der Waals surface area contributed by atoms with Crippen LogP contribution < -0.4 is 0 Å². The normalized spacial score (nSPS) is 15.7. The van der Waals surface area contributed by atoms with E-state index in [0.717, 1.165) is 16.3 Å². The second-order valence-electron chi connectivity index (χ2n) is 6.21. The molecule has 0 saturated carbocycles. The fourth-order valence-electron chi connectivity index (χ4n) is 3.10. The molecular formula is C19H20N2O3. The number of hydrogen-bond donors (Lipinski definition) is 1. The van der Waals surface area contributed by atoms with Gasteiger partial charge in [-0.15, -0.1) is 0 Å². The first-order chi connectivity index (χ1) is 11.4. The van der Waals surface area contributed by atoms with Crippen LogP contribution in [0.15, 0.2) is 55.1 Å². The van der Waals surface area contributed by atoms with Gasteiger partial charge in [-0.2, -0.15) is 0 Å². The SMILES string of the molecule is C=CC(=O)N(C)CC(=O)N1CC(O)(c2cccc3ccccc23)C1. The van der Waals surface area contributed by atoms with Gasteiger partial charge in [0.2, 0.25) is 11.8 Å². The zero-order valence-corrected chi connectivity index (χ0v) is 13.6. The highest BCUT2D eigenvalue weighted by molar-refractivity contribution is 5.91. The maximum absolute atomic E-state index is 12.2. The average Bonchev–Trinajstić information content (AvgIpc) is 2.57. The lowest BCUT2D eigenvalue weighted by atomic mass is 9.83. The number of benzene rings is 2. The number of rotatable bonds is 4. The first-order valence-electron chi connectivity index (χ1n) is 7.80. The Morgan fingerprint density at radius 2 is 1.92 bits per heavy atom. The van der Waals surface area contributed by atoms with Crippen molar-refractivity contribution in [2.45, 2.75) is 5.60 Å². The highest BCUT2D eigenvalue weighted by atomic mass is 16.3. The highest BCUT2D eigenvalue weighted by Gasteiger charge is 2.45. The third kappa shape index (κ3) is 2.78. The number of aliphatic hydroxyl groups is 1. The van der Waals surface area contributed by atoms with Gasteiger partial charge in [0.25, 0.3) is 0 Å². The smallest absolute Gasteiger partial charge is 0.246 e. The number of β-amino-alcohol motifs (C(OH)–C–C–N with tert-alkyl or cyclic N) is 1. The largest absolute Gasteiger partial charge is 0.381 e. The minimum absolute atomic E-state index is 0.0174. The van der Waals surface area contributed by atoms with Crippen LogP contribution in [0.3, 0.4) is 0 Å². The third-order valence-electron chi connectivity index (χ3n) is 4.47. The number of fused-ring (bicyclic) bond motifs is 1. The van der Waals surface area contributed by atoms with Crippen LogP contribution in [-0.4, -0.2) is 53.4 Å². The van der Waals surface area contributed by atoms with Crippen molar-refractivity contribution >= 4 is 22.6 Å². The van der Waals surface area contributed by atoms with Crippen LogP contribution in [-0.2, 0) is 15.2 Å². The standard InChI is InChI=1S/C19H20N2O3/c1-3-17(22)20(2)11-18(23)21-12-19(24,13-21)16-10-6-8-14-7-4-5-9-15(14)16/h3-10,24H,1,11-13H2,2H3. The fourth-order valence-corrected chi connectivity index (χ4v) is 3.10. The lowest BCUT2D eigenvalue weighted by molar-refractivity contribution is -0.159. The molecule has 0 atom stereocenters. The molecule has 5 nitrogen and oxygen atoms in total. The van der Waals surface area contributed by atoms with Crippen LogP contribution >= 0.6 is 0 Å². The van der Waals surface area contributed by atoms with Crippen molar-refractivity contribution in [2.75, 3.05) is 26.7 Å². The first kappa shape index (κ1) is 16.2. The minimum atomic E-state index is -1.04. The topological polar surface area (TPSA) is 60.9 Å². The molecule has 124 valence electrons. The van der Waals surface area contributed by atoms with E-state index in [4.69, 9.17) is 0 Å². The number of likely N-dealkylation sites (N-methyl/N-ethyl adjacent to an activating group) is 1. The van der Waals surface area contributed by atoms with Crippen LogP contribution in [0, 0.1) is 0 Å². The highest BCUT2D eigenvalue weighted by Crippen LogP contribution is 2.36. The Morgan fingerprint density at radius 1 is 1.25 bits per heavy atom. The monoisotopic (exact) mass is 324 g/mol. The fraction of sp³-hybridized carbons (Fsp3) is 0.263. The van der Waals surface area contributed by atoms with Crippen molar-refractivity contribution in [3.63, 3.8) is 0 Å². The Bertz CT molecular complexity index is 804. The van der Waals surface area contributed by atoms with Crippen LogP contribution in [0.5, 0.6) is 0 Å². The van der Waals surface area contributed by atoms with Crippen molar-refractivity contribution < 1.29 is 14.7 Å². The second kappa shape index (κ2) is 6.09. The number of amides is 2. The molecule has 3 rings (SSSR count). The van der Waals surface area contributed by atoms with Gasteiger partial charge in [0.05, 0.1) is 19.6 Å². The molecule has 1 N–H and O–H groups in total. The summed E-state index contributed by atoms with van der Waals surface area (Å²) in [6.07, 6.45) is 1.18. The van der Waals surface area contributed by atoms with Crippen LogP contribution in [0.4, 0.5) is 0 Å². The quantitative estimate of drug-likeness (QED) is 0.867. The number of carbonyl (C=O) groups is 2. The molecule has 1 aliphatic heterocycles. The van der Waals surface area contributed by atoms with E-state index >= 15 is 0 Å². The molecular weight excluding hydrogens is 304 g/mol. The second-order valence-corrected chi connectivity index (χ2v) is 6.21. The summed E-state index contributed by atoms with van der Waals surface area (Å²) in [5.74, 6) is -0.481. The molecule has 1 saturated heterocycles. The van der Waals surface area contributed by atoms with Gasteiger partial charge in [0.1, 0.15) is 5.60 Å². The van der Waals surface area contributed by atoms with E-state index in [-0.39, 0.29) is 31.4 Å². The number of likely N-dealkylation sites (tertiary alicyclic amines) is 1. The van der Waals surface area contributed by atoms with Gasteiger partial charge in [0.15, 0.2) is 0 Å². The lowest BCUT2D eigenvalue weighted by Gasteiger charge is -2.47. The van der Waals surface area contributed by atoms with Crippen molar-refractivity contribution in [1.82, 2.24) is 9.80 Å². The van der Waals surface area contributed by atoms with E-state index < -0.39 is 5.60 Å². The van der Waals surface area contributed by atoms with E-state index in [9.17, 15) is 14.7 Å². The molecule has 5 heteroatoms. The maximum Gasteiger partial charge on any atom is 0.246 e. The summed E-state index contributed by atoms with van der Waals surface area (Å²) in [5.41, 5.74) is -0.211. The Labute approximate surface area is 140 Å². The van der Waals surface area contributed by atoms with Crippen molar-refractivity contribution in [1.29, 1.82) is 0 Å². The molecule has 0 radical (unpaired) electrons. The number of carbonyl (C=O) groups excluding carboxylic acids is 2. The molecule has 0 spiro atoms. The molecule has 0 bridgehead atoms. The van der Waals surface area contributed by atoms with E-state index in [1.165, 1.54) is 11.0 Å². The lowest BCUT2D eigenvalue weighted by Crippen LogP contribution is -2.62. The molecule has 1 heterocycles. The van der Waals surface area contributed by atoms with Gasteiger partial charge in [0, 0.05) is 7.05 Å². The molecule has 1 aliphatic rings. The maximum atomic E-state index is 12.2. The van der Waals surface area contributed by atoms with E-state index in [0.29, 0.717) is 0 Å². The minimum Gasteiger partial charge on any atom is -0.381 e. The Balaban J connectivity index is 1.73. The Morgan fingerprint density at radius 3 is 2.62 bits per heavy atom. The predicted octanol–water partition coefficient (Wildman–Crippen LogP) is 1.51. The van der Waals surface area contributed by atoms with Gasteiger partial charge in [-0.3, -0.25) is 9.59 Å². The van der Waals surface area contributed by atoms with E-state index in [1.54, 1.807) is 11.9 Å². The summed E-state index contributed by atoms with van der Waals surface area (Å²) in [4.78, 5) is 26.6. The van der Waals surface area contributed by atoms with E-state index in [2.05, 4.69) is 6.58 Å². The summed E-state index contributed by atoms with van der Waals surface area (Å²) in [6, 6.07) is 13.7. The molecule has 2 aromatic rings. The zero-order chi connectivity index (χ0) is 17.3. The number of hydrogen-bond acceptors (Lipinski definition) is 3. The first-order valence-corrected chi connectivity index (χ1v) is 7.80. The van der Waals surface area contributed by atoms with Crippen LogP contribution in [0.1, 0.15) is 5.56 Å². The third-order valence-corrected chi connectivity index (χ3v) is 4.47. The molecule has 0 aromatic heterocycles. The van der Waals surface area contributed by atoms with Gasteiger partial charge >= 0.3 is 0 Å².